The number of sulfone groups is 1. The van der Waals surface area contributed by atoms with Crippen LogP contribution in [0.5, 0.6) is 0 Å². The molecule has 200 valence electrons. The Labute approximate surface area is 212 Å². The van der Waals surface area contributed by atoms with Gasteiger partial charge in [-0.1, -0.05) is 13.0 Å². The molecule has 0 radical (unpaired) electrons. The molecule has 0 spiro atoms. The van der Waals surface area contributed by atoms with Gasteiger partial charge >= 0.3 is 6.18 Å². The summed E-state index contributed by atoms with van der Waals surface area (Å²) in [6, 6.07) is 2.92. The largest absolute Gasteiger partial charge is 0.416 e. The van der Waals surface area contributed by atoms with Crippen molar-refractivity contribution in [3.63, 3.8) is 0 Å². The molecule has 2 fully saturated rings. The summed E-state index contributed by atoms with van der Waals surface area (Å²) in [6.45, 7) is 1.88. The Morgan fingerprint density at radius 2 is 1.84 bits per heavy atom. The zero-order valence-corrected chi connectivity index (χ0v) is 21.1. The minimum absolute atomic E-state index is 0.0210. The lowest BCUT2D eigenvalue weighted by Gasteiger charge is -2.31. The molecule has 1 N–H and O–H groups in total. The molecular weight excluding hydrogens is 514 g/mol. The number of rotatable bonds is 7. The van der Waals surface area contributed by atoms with Crippen LogP contribution in [-0.2, 0) is 20.8 Å². The first-order chi connectivity index (χ1) is 17.3. The highest BCUT2D eigenvalue weighted by molar-refractivity contribution is 7.90. The highest BCUT2D eigenvalue weighted by Gasteiger charge is 2.43. The van der Waals surface area contributed by atoms with Crippen molar-refractivity contribution in [2.75, 3.05) is 6.26 Å². The fourth-order valence-electron chi connectivity index (χ4n) is 4.81. The Morgan fingerprint density at radius 1 is 1.14 bits per heavy atom. The maximum Gasteiger partial charge on any atom is 0.416 e. The second-order valence-corrected chi connectivity index (χ2v) is 11.5. The molecule has 2 heterocycles. The minimum atomic E-state index is -4.69. The van der Waals surface area contributed by atoms with Crippen LogP contribution < -0.4 is 5.32 Å². The summed E-state index contributed by atoms with van der Waals surface area (Å²) < 4.78 is 77.1. The molecule has 1 aliphatic carbocycles. The van der Waals surface area contributed by atoms with E-state index in [0.717, 1.165) is 24.6 Å². The maximum atomic E-state index is 14.7. The lowest BCUT2D eigenvalue weighted by Crippen LogP contribution is -2.49. The van der Waals surface area contributed by atoms with Crippen LogP contribution in [0.3, 0.4) is 0 Å². The van der Waals surface area contributed by atoms with Gasteiger partial charge in [0.25, 0.3) is 5.91 Å². The average Bonchev–Trinajstić information content (AvgIpc) is 3.58. The number of hydrogen-bond donors (Lipinski definition) is 1. The number of nitrogens with zero attached hydrogens (tertiary/aromatic N) is 2. The number of hydrogen-bond acceptors (Lipinski definition) is 5. The number of alkyl halides is 3. The van der Waals surface area contributed by atoms with E-state index in [1.807, 2.05) is 6.92 Å². The molecule has 2 amide bonds. The number of carbonyl (C=O) groups is 2. The lowest BCUT2D eigenvalue weighted by atomic mass is 9.99. The van der Waals surface area contributed by atoms with E-state index in [1.165, 1.54) is 17.0 Å². The Morgan fingerprint density at radius 3 is 2.35 bits per heavy atom. The zero-order valence-electron chi connectivity index (χ0n) is 20.3. The Hall–Kier alpha value is -3.02. The number of pyridine rings is 1. The summed E-state index contributed by atoms with van der Waals surface area (Å²) in [5.74, 6) is -2.16. The van der Waals surface area contributed by atoms with Gasteiger partial charge in [0.05, 0.1) is 17.2 Å². The third kappa shape index (κ3) is 5.78. The normalized spacial score (nSPS) is 21.1. The first-order valence-electron chi connectivity index (χ1n) is 12.0. The van der Waals surface area contributed by atoms with Gasteiger partial charge in [0.1, 0.15) is 11.9 Å². The molecule has 7 nitrogen and oxygen atoms in total. The molecule has 4 rings (SSSR count). The Balaban J connectivity index is 1.57. The molecular formula is C25H27F4N3O4S. The molecule has 12 heteroatoms. The smallest absolute Gasteiger partial charge is 0.347 e. The number of carbonyl (C=O) groups excluding carboxylic acids is 2. The molecule has 0 bridgehead atoms. The second kappa shape index (κ2) is 10.0. The third-order valence-electron chi connectivity index (χ3n) is 6.93. The van der Waals surface area contributed by atoms with Crippen LogP contribution in [0.15, 0.2) is 41.6 Å². The predicted molar refractivity (Wildman–Crippen MR) is 126 cm³/mol. The van der Waals surface area contributed by atoms with Crippen LogP contribution in [0.1, 0.15) is 66.6 Å². The standard InChI is InChI=1S/C25H27F4N3O4S/c1-3-17-8-10-20(32(17)24(34)15-6-11-21(30-13-15)37(2,35)36)23(33)31-22(14-4-5-14)18-9-7-16(12-19(18)26)25(27,28)29/h6-7,9,11-14,17,20,22H,3-5,8,10H2,1-2H3,(H,31,33)/t17-,20-,22?/m1/s1. The molecule has 2 aliphatic rings. The van der Waals surface area contributed by atoms with Gasteiger partial charge < -0.3 is 10.2 Å². The number of halogens is 4. The van der Waals surface area contributed by atoms with Crippen LogP contribution in [0.2, 0.25) is 0 Å². The predicted octanol–water partition coefficient (Wildman–Crippen LogP) is 4.29. The fraction of sp³-hybridized carbons (Fsp3) is 0.480. The van der Waals surface area contributed by atoms with Crippen molar-refractivity contribution in [2.45, 2.75) is 68.4 Å². The van der Waals surface area contributed by atoms with Gasteiger partial charge in [-0.25, -0.2) is 17.8 Å². The van der Waals surface area contributed by atoms with E-state index in [-0.39, 0.29) is 28.1 Å². The molecule has 2 aromatic rings. The summed E-state index contributed by atoms with van der Waals surface area (Å²) in [4.78, 5) is 32.1. The van der Waals surface area contributed by atoms with Crippen molar-refractivity contribution >= 4 is 21.7 Å². The Kier molecular flexibility index (Phi) is 7.33. The van der Waals surface area contributed by atoms with E-state index >= 15 is 0 Å². The minimum Gasteiger partial charge on any atom is -0.347 e. The summed E-state index contributed by atoms with van der Waals surface area (Å²) >= 11 is 0. The van der Waals surface area contributed by atoms with E-state index in [0.29, 0.717) is 38.2 Å². The van der Waals surface area contributed by atoms with Crippen LogP contribution in [0.4, 0.5) is 17.6 Å². The summed E-state index contributed by atoms with van der Waals surface area (Å²) in [7, 11) is -3.55. The summed E-state index contributed by atoms with van der Waals surface area (Å²) in [6.07, 6.45) is 0.332. The molecule has 1 saturated carbocycles. The van der Waals surface area contributed by atoms with Gasteiger partial charge in [-0.3, -0.25) is 9.59 Å². The third-order valence-corrected chi connectivity index (χ3v) is 7.93. The fourth-order valence-corrected chi connectivity index (χ4v) is 5.37. The van der Waals surface area contributed by atoms with Gasteiger partial charge in [0, 0.05) is 24.1 Å². The van der Waals surface area contributed by atoms with E-state index in [2.05, 4.69) is 10.3 Å². The SMILES string of the molecule is CC[C@@H]1CC[C@H](C(=O)NC(c2ccc(C(F)(F)F)cc2F)C2CC2)N1C(=O)c1ccc(S(C)(=O)=O)nc1. The Bertz CT molecular complexity index is 1290. The maximum absolute atomic E-state index is 14.7. The van der Waals surface area contributed by atoms with Gasteiger partial charge in [-0.2, -0.15) is 13.2 Å². The number of nitrogens with one attached hydrogen (secondary N) is 1. The highest BCUT2D eigenvalue weighted by Crippen LogP contribution is 2.43. The summed E-state index contributed by atoms with van der Waals surface area (Å²) in [5, 5.41) is 2.61. The molecule has 1 aliphatic heterocycles. The van der Waals surface area contributed by atoms with Crippen LogP contribution in [0, 0.1) is 11.7 Å². The molecule has 37 heavy (non-hydrogen) atoms. The number of benzene rings is 1. The van der Waals surface area contributed by atoms with Crippen molar-refractivity contribution in [2.24, 2.45) is 5.92 Å². The average molecular weight is 542 g/mol. The molecule has 3 atom stereocenters. The van der Waals surface area contributed by atoms with Crippen LogP contribution >= 0.6 is 0 Å². The first-order valence-corrected chi connectivity index (χ1v) is 13.9. The molecule has 1 saturated heterocycles. The first kappa shape index (κ1) is 27.0. The second-order valence-electron chi connectivity index (χ2n) is 9.58. The summed E-state index contributed by atoms with van der Waals surface area (Å²) in [5.41, 5.74) is -1.01. The van der Waals surface area contributed by atoms with Crippen molar-refractivity contribution in [3.8, 4) is 0 Å². The zero-order chi connectivity index (χ0) is 27.1. The topological polar surface area (TPSA) is 96.4 Å². The van der Waals surface area contributed by atoms with Crippen LogP contribution in [-0.4, -0.2) is 48.5 Å². The molecule has 1 unspecified atom stereocenters. The van der Waals surface area contributed by atoms with Gasteiger partial charge in [0.2, 0.25) is 5.91 Å². The van der Waals surface area contributed by atoms with E-state index in [1.54, 1.807) is 0 Å². The number of likely N-dealkylation sites (tertiary alicyclic amines) is 1. The van der Waals surface area contributed by atoms with E-state index in [9.17, 15) is 35.6 Å². The lowest BCUT2D eigenvalue weighted by molar-refractivity contribution is -0.137. The van der Waals surface area contributed by atoms with Crippen molar-refractivity contribution in [1.82, 2.24) is 15.2 Å². The van der Waals surface area contributed by atoms with Crippen molar-refractivity contribution in [3.05, 3.63) is 59.0 Å². The quantitative estimate of drug-likeness (QED) is 0.528. The van der Waals surface area contributed by atoms with Gasteiger partial charge in [0.15, 0.2) is 14.9 Å². The van der Waals surface area contributed by atoms with E-state index < -0.39 is 51.3 Å². The van der Waals surface area contributed by atoms with Crippen LogP contribution in [0.25, 0.3) is 0 Å². The molecule has 1 aromatic heterocycles. The monoisotopic (exact) mass is 541 g/mol. The van der Waals surface area contributed by atoms with Gasteiger partial charge in [-0.05, 0) is 62.3 Å². The van der Waals surface area contributed by atoms with Crippen molar-refractivity contribution < 1.29 is 35.6 Å². The highest BCUT2D eigenvalue weighted by atomic mass is 32.2. The van der Waals surface area contributed by atoms with Gasteiger partial charge in [-0.15, -0.1) is 0 Å². The van der Waals surface area contributed by atoms with Crippen molar-refractivity contribution in [1.29, 1.82) is 0 Å². The number of amides is 2. The molecule has 1 aromatic carbocycles. The van der Waals surface area contributed by atoms with E-state index in [4.69, 9.17) is 0 Å². The number of aromatic nitrogens is 1.